The average molecular weight is 296 g/mol. The smallest absolute Gasteiger partial charge is 0.310 e. The fourth-order valence-electron chi connectivity index (χ4n) is 2.71. The number of rotatable bonds is 9. The Kier molecular flexibility index (Phi) is 7.48. The number of ether oxygens (including phenoxy) is 1. The Hall–Kier alpha value is -1.32. The molecule has 1 aliphatic carbocycles. The van der Waals surface area contributed by atoms with Gasteiger partial charge in [0.25, 0.3) is 0 Å². The van der Waals surface area contributed by atoms with E-state index < -0.39 is 17.3 Å². The summed E-state index contributed by atoms with van der Waals surface area (Å²) in [5.74, 6) is -1.86. The molecule has 0 fully saturated rings. The van der Waals surface area contributed by atoms with Crippen LogP contribution in [0.3, 0.4) is 0 Å². The lowest BCUT2D eigenvalue weighted by atomic mass is 9.70. The third-order valence-electron chi connectivity index (χ3n) is 4.36. The van der Waals surface area contributed by atoms with E-state index in [9.17, 15) is 14.7 Å². The van der Waals surface area contributed by atoms with E-state index in [0.29, 0.717) is 19.4 Å². The van der Waals surface area contributed by atoms with Crippen LogP contribution in [0.25, 0.3) is 0 Å². The van der Waals surface area contributed by atoms with Gasteiger partial charge in [0.1, 0.15) is 0 Å². The van der Waals surface area contributed by atoms with E-state index >= 15 is 0 Å². The van der Waals surface area contributed by atoms with E-state index in [4.69, 9.17) is 4.74 Å². The predicted molar refractivity (Wildman–Crippen MR) is 81.9 cm³/mol. The second-order valence-electron chi connectivity index (χ2n) is 6.12. The molecule has 21 heavy (non-hydrogen) atoms. The van der Waals surface area contributed by atoms with Crippen molar-refractivity contribution in [3.63, 3.8) is 0 Å². The van der Waals surface area contributed by atoms with Gasteiger partial charge in [-0.3, -0.25) is 9.59 Å². The Morgan fingerprint density at radius 1 is 1.19 bits per heavy atom. The monoisotopic (exact) mass is 296 g/mol. The molecule has 4 nitrogen and oxygen atoms in total. The van der Waals surface area contributed by atoms with Gasteiger partial charge >= 0.3 is 11.9 Å². The van der Waals surface area contributed by atoms with E-state index in [-0.39, 0.29) is 5.97 Å². The highest BCUT2D eigenvalue weighted by Crippen LogP contribution is 2.38. The van der Waals surface area contributed by atoms with Gasteiger partial charge in [0, 0.05) is 0 Å². The molecule has 0 spiro atoms. The molecule has 0 aromatic heterocycles. The number of carbonyl (C=O) groups is 2. The van der Waals surface area contributed by atoms with Crippen LogP contribution in [0.15, 0.2) is 12.2 Å². The van der Waals surface area contributed by atoms with E-state index in [1.807, 2.05) is 12.2 Å². The van der Waals surface area contributed by atoms with Crippen LogP contribution in [0, 0.1) is 11.3 Å². The van der Waals surface area contributed by atoms with Crippen molar-refractivity contribution < 1.29 is 19.4 Å². The molecule has 1 aliphatic rings. The molecule has 0 aromatic carbocycles. The molecule has 0 amide bonds. The van der Waals surface area contributed by atoms with Crippen LogP contribution in [0.5, 0.6) is 0 Å². The molecule has 1 N–H and O–H groups in total. The molecule has 0 aliphatic heterocycles. The summed E-state index contributed by atoms with van der Waals surface area (Å²) >= 11 is 0. The highest BCUT2D eigenvalue weighted by molar-refractivity contribution is 5.84. The van der Waals surface area contributed by atoms with Gasteiger partial charge in [-0.25, -0.2) is 0 Å². The van der Waals surface area contributed by atoms with Crippen LogP contribution in [-0.2, 0) is 14.3 Å². The van der Waals surface area contributed by atoms with Gasteiger partial charge in [-0.1, -0.05) is 51.2 Å². The summed E-state index contributed by atoms with van der Waals surface area (Å²) < 4.78 is 5.30. The number of hydrogen-bond acceptors (Lipinski definition) is 3. The molecule has 2 atom stereocenters. The summed E-state index contributed by atoms with van der Waals surface area (Å²) in [4.78, 5) is 23.6. The Labute approximate surface area is 127 Å². The van der Waals surface area contributed by atoms with Crippen LogP contribution in [0.1, 0.15) is 65.2 Å². The van der Waals surface area contributed by atoms with E-state index in [1.165, 1.54) is 25.7 Å². The lowest BCUT2D eigenvalue weighted by Gasteiger charge is -2.33. The normalized spacial score (nSPS) is 24.8. The van der Waals surface area contributed by atoms with Crippen molar-refractivity contribution in [3.05, 3.63) is 12.2 Å². The molecule has 0 saturated carbocycles. The van der Waals surface area contributed by atoms with Gasteiger partial charge in [0.15, 0.2) is 0 Å². The van der Waals surface area contributed by atoms with Crippen molar-refractivity contribution in [3.8, 4) is 0 Å². The first kappa shape index (κ1) is 17.7. The molecular weight excluding hydrogens is 268 g/mol. The topological polar surface area (TPSA) is 63.6 Å². The van der Waals surface area contributed by atoms with Crippen LogP contribution in [-0.4, -0.2) is 23.7 Å². The van der Waals surface area contributed by atoms with Crippen molar-refractivity contribution in [1.29, 1.82) is 0 Å². The van der Waals surface area contributed by atoms with Crippen LogP contribution in [0.4, 0.5) is 0 Å². The van der Waals surface area contributed by atoms with E-state index in [1.54, 1.807) is 6.92 Å². The van der Waals surface area contributed by atoms with Crippen molar-refractivity contribution in [1.82, 2.24) is 0 Å². The summed E-state index contributed by atoms with van der Waals surface area (Å²) in [6, 6.07) is 0. The number of allylic oxidation sites excluding steroid dienone is 2. The Balaban J connectivity index is 2.34. The van der Waals surface area contributed by atoms with Gasteiger partial charge in [-0.15, -0.1) is 0 Å². The first-order chi connectivity index (χ1) is 10.0. The Morgan fingerprint density at radius 2 is 1.86 bits per heavy atom. The summed E-state index contributed by atoms with van der Waals surface area (Å²) in [6.45, 7) is 4.22. The first-order valence-electron chi connectivity index (χ1n) is 8.07. The molecule has 0 bridgehead atoms. The van der Waals surface area contributed by atoms with Crippen LogP contribution in [0.2, 0.25) is 0 Å². The molecule has 0 heterocycles. The molecule has 4 heteroatoms. The number of esters is 1. The maximum Gasteiger partial charge on any atom is 0.310 e. The number of unbranched alkanes of at least 4 members (excludes halogenated alkanes) is 5. The number of aliphatic carboxylic acids is 1. The van der Waals surface area contributed by atoms with Crippen molar-refractivity contribution >= 4 is 11.9 Å². The predicted octanol–water partition coefficient (Wildman–Crippen LogP) is 3.95. The number of carboxylic acid groups (broad SMARTS) is 1. The van der Waals surface area contributed by atoms with E-state index in [0.717, 1.165) is 12.8 Å². The molecule has 1 rings (SSSR count). The molecular formula is C17H28O4. The third kappa shape index (κ3) is 5.18. The lowest BCUT2D eigenvalue weighted by molar-refractivity contribution is -0.165. The van der Waals surface area contributed by atoms with Gasteiger partial charge in [0.05, 0.1) is 17.9 Å². The molecule has 120 valence electrons. The maximum absolute atomic E-state index is 12.1. The fraction of sp³-hybridized carbons (Fsp3) is 0.765. The van der Waals surface area contributed by atoms with Crippen molar-refractivity contribution in [2.45, 2.75) is 65.2 Å². The summed E-state index contributed by atoms with van der Waals surface area (Å²) in [6.07, 6.45) is 11.4. The van der Waals surface area contributed by atoms with Gasteiger partial charge < -0.3 is 9.84 Å². The zero-order chi connectivity index (χ0) is 15.7. The van der Waals surface area contributed by atoms with E-state index in [2.05, 4.69) is 6.92 Å². The van der Waals surface area contributed by atoms with Gasteiger partial charge in [0.2, 0.25) is 0 Å². The molecule has 0 radical (unpaired) electrons. The van der Waals surface area contributed by atoms with Crippen molar-refractivity contribution in [2.24, 2.45) is 11.3 Å². The van der Waals surface area contributed by atoms with Gasteiger partial charge in [-0.05, 0) is 26.2 Å². The molecule has 0 aromatic rings. The highest BCUT2D eigenvalue weighted by atomic mass is 16.5. The number of carbonyl (C=O) groups excluding carboxylic acids is 1. The van der Waals surface area contributed by atoms with Gasteiger partial charge in [-0.2, -0.15) is 0 Å². The number of hydrogen-bond donors (Lipinski definition) is 1. The second-order valence-corrected chi connectivity index (χ2v) is 6.12. The Morgan fingerprint density at radius 3 is 2.52 bits per heavy atom. The molecule has 2 unspecified atom stereocenters. The first-order valence-corrected chi connectivity index (χ1v) is 8.07. The number of carboxylic acids is 1. The minimum atomic E-state index is -1.03. The third-order valence-corrected chi connectivity index (χ3v) is 4.36. The maximum atomic E-state index is 12.1. The quantitative estimate of drug-likeness (QED) is 0.397. The van der Waals surface area contributed by atoms with Crippen molar-refractivity contribution in [2.75, 3.05) is 6.61 Å². The summed E-state index contributed by atoms with van der Waals surface area (Å²) in [5.41, 5.74) is -1.03. The highest BCUT2D eigenvalue weighted by Gasteiger charge is 2.46. The minimum Gasteiger partial charge on any atom is -0.481 e. The standard InChI is InChI=1S/C17H28O4/c1-3-4-5-6-7-10-13-21-15(18)14-11-8-9-12-17(14,2)16(19)20/h8-9,14H,3-7,10-13H2,1-2H3,(H,19,20). The Bertz CT molecular complexity index is 375. The summed E-state index contributed by atoms with van der Waals surface area (Å²) in [5, 5.41) is 9.37. The lowest BCUT2D eigenvalue weighted by Crippen LogP contribution is -2.42. The minimum absolute atomic E-state index is 0.363. The SMILES string of the molecule is CCCCCCCCOC(=O)C1CC=CCC1(C)C(=O)O. The van der Waals surface area contributed by atoms with Crippen LogP contribution >= 0.6 is 0 Å². The average Bonchev–Trinajstić information content (AvgIpc) is 2.46. The zero-order valence-corrected chi connectivity index (χ0v) is 13.3. The summed E-state index contributed by atoms with van der Waals surface area (Å²) in [7, 11) is 0. The largest absolute Gasteiger partial charge is 0.481 e. The zero-order valence-electron chi connectivity index (χ0n) is 13.3. The fourth-order valence-corrected chi connectivity index (χ4v) is 2.71. The second kappa shape index (κ2) is 8.85. The van der Waals surface area contributed by atoms with Crippen LogP contribution < -0.4 is 0 Å². The molecule has 0 saturated heterocycles.